The highest BCUT2D eigenvalue weighted by Gasteiger charge is 2.35. The first-order valence-corrected chi connectivity index (χ1v) is 12.1. The van der Waals surface area contributed by atoms with Crippen LogP contribution in [0.3, 0.4) is 0 Å². The van der Waals surface area contributed by atoms with Crippen LogP contribution in [0.5, 0.6) is 0 Å². The van der Waals surface area contributed by atoms with Crippen LogP contribution in [0, 0.1) is 5.92 Å². The van der Waals surface area contributed by atoms with Crippen molar-refractivity contribution in [1.29, 1.82) is 0 Å². The number of carbonyl (C=O) groups is 1. The number of nitrogens with one attached hydrogen (secondary N) is 1. The first kappa shape index (κ1) is 25.3. The lowest BCUT2D eigenvalue weighted by Gasteiger charge is -2.39. The van der Waals surface area contributed by atoms with Crippen LogP contribution >= 0.6 is 0 Å². The molecule has 9 nitrogen and oxygen atoms in total. The van der Waals surface area contributed by atoms with Crippen LogP contribution in [-0.4, -0.2) is 83.4 Å². The molecule has 0 radical (unpaired) electrons. The number of ether oxygens (including phenoxy) is 1. The summed E-state index contributed by atoms with van der Waals surface area (Å²) in [5.74, 6) is -0.670. The van der Waals surface area contributed by atoms with Crippen molar-refractivity contribution in [3.8, 4) is 0 Å². The highest BCUT2D eigenvalue weighted by atomic mass is 19.4. The average molecular weight is 517 g/mol. The second kappa shape index (κ2) is 10.6. The predicted octanol–water partition coefficient (Wildman–Crippen LogP) is 2.28. The highest BCUT2D eigenvalue weighted by Crippen LogP contribution is 2.29. The maximum absolute atomic E-state index is 13.4. The van der Waals surface area contributed by atoms with E-state index < -0.39 is 18.0 Å². The molecule has 1 aromatic carbocycles. The molecule has 1 unspecified atom stereocenters. The van der Waals surface area contributed by atoms with Crippen LogP contribution in [0.25, 0.3) is 10.9 Å². The second-order valence-electron chi connectivity index (χ2n) is 9.21. The molecular weight excluding hydrogens is 489 g/mol. The molecule has 0 spiro atoms. The molecule has 4 heterocycles. The van der Waals surface area contributed by atoms with E-state index in [1.807, 2.05) is 34.1 Å². The van der Waals surface area contributed by atoms with E-state index in [0.717, 1.165) is 0 Å². The number of carbonyl (C=O) groups excluding carboxylic acids is 1. The Balaban J connectivity index is 1.38. The van der Waals surface area contributed by atoms with Gasteiger partial charge in [-0.1, -0.05) is 18.2 Å². The SMILES string of the molecule is O=C(NCC(c1cnc(C(F)(F)F)nc1)N1CCOCC1)c1cc(N2CC(CO)C2)nc2ccccc12. The number of benzene rings is 1. The summed E-state index contributed by atoms with van der Waals surface area (Å²) in [7, 11) is 0. The van der Waals surface area contributed by atoms with Crippen molar-refractivity contribution in [2.75, 3.05) is 57.4 Å². The zero-order valence-electron chi connectivity index (χ0n) is 20.0. The van der Waals surface area contributed by atoms with Gasteiger partial charge >= 0.3 is 6.18 Å². The molecule has 0 bridgehead atoms. The largest absolute Gasteiger partial charge is 0.451 e. The molecule has 1 amide bonds. The number of fused-ring (bicyclic) bond motifs is 1. The van der Waals surface area contributed by atoms with Gasteiger partial charge in [0, 0.05) is 68.6 Å². The molecule has 2 aromatic heterocycles. The maximum atomic E-state index is 13.4. The number of hydrogen-bond acceptors (Lipinski definition) is 8. The number of amides is 1. The number of pyridine rings is 1. The Labute approximate surface area is 211 Å². The minimum atomic E-state index is -4.63. The van der Waals surface area contributed by atoms with E-state index >= 15 is 0 Å². The van der Waals surface area contributed by atoms with Crippen LogP contribution < -0.4 is 10.2 Å². The lowest BCUT2D eigenvalue weighted by atomic mass is 10.0. The molecule has 2 saturated heterocycles. The van der Waals surface area contributed by atoms with E-state index in [0.29, 0.717) is 67.2 Å². The van der Waals surface area contributed by atoms with E-state index in [-0.39, 0.29) is 25.0 Å². The summed E-state index contributed by atoms with van der Waals surface area (Å²) in [6.45, 7) is 3.66. The van der Waals surface area contributed by atoms with Crippen molar-refractivity contribution in [2.45, 2.75) is 12.2 Å². The fourth-order valence-electron chi connectivity index (χ4n) is 4.67. The van der Waals surface area contributed by atoms with Crippen molar-refractivity contribution >= 4 is 22.6 Å². The quantitative estimate of drug-likeness (QED) is 0.493. The summed E-state index contributed by atoms with van der Waals surface area (Å²) in [4.78, 5) is 29.2. The van der Waals surface area contributed by atoms with Gasteiger partial charge in [0.1, 0.15) is 5.82 Å². The van der Waals surface area contributed by atoms with E-state index in [9.17, 15) is 23.1 Å². The summed E-state index contributed by atoms with van der Waals surface area (Å²) < 4.78 is 44.4. The molecule has 37 heavy (non-hydrogen) atoms. The second-order valence-corrected chi connectivity index (χ2v) is 9.21. The minimum Gasteiger partial charge on any atom is -0.396 e. The lowest BCUT2D eigenvalue weighted by molar-refractivity contribution is -0.145. The third-order valence-corrected chi connectivity index (χ3v) is 6.74. The van der Waals surface area contributed by atoms with Gasteiger partial charge in [0.2, 0.25) is 5.82 Å². The number of rotatable bonds is 7. The number of hydrogen-bond donors (Lipinski definition) is 2. The molecule has 2 aliphatic rings. The summed E-state index contributed by atoms with van der Waals surface area (Å²) in [5.41, 5.74) is 1.61. The Hall–Kier alpha value is -3.35. The van der Waals surface area contributed by atoms with Gasteiger partial charge in [-0.05, 0) is 12.1 Å². The van der Waals surface area contributed by atoms with Crippen molar-refractivity contribution in [3.63, 3.8) is 0 Å². The Bertz CT molecular complexity index is 1240. The smallest absolute Gasteiger partial charge is 0.396 e. The van der Waals surface area contributed by atoms with E-state index in [4.69, 9.17) is 4.74 Å². The molecule has 196 valence electrons. The van der Waals surface area contributed by atoms with Crippen LogP contribution in [0.2, 0.25) is 0 Å². The molecule has 2 N–H and O–H groups in total. The van der Waals surface area contributed by atoms with Crippen LogP contribution in [0.1, 0.15) is 27.8 Å². The molecule has 12 heteroatoms. The maximum Gasteiger partial charge on any atom is 0.451 e. The lowest BCUT2D eigenvalue weighted by Crippen LogP contribution is -2.49. The third kappa shape index (κ3) is 5.50. The highest BCUT2D eigenvalue weighted by molar-refractivity contribution is 6.07. The number of alkyl halides is 3. The van der Waals surface area contributed by atoms with Gasteiger partial charge < -0.3 is 20.1 Å². The van der Waals surface area contributed by atoms with Gasteiger partial charge in [-0.15, -0.1) is 0 Å². The number of anilines is 1. The number of halogens is 3. The van der Waals surface area contributed by atoms with Crippen LogP contribution in [-0.2, 0) is 10.9 Å². The topological polar surface area (TPSA) is 104 Å². The van der Waals surface area contributed by atoms with Gasteiger partial charge in [-0.2, -0.15) is 13.2 Å². The normalized spacial score (nSPS) is 18.0. The molecule has 0 aliphatic carbocycles. The molecule has 0 saturated carbocycles. The molecular formula is C25H27F3N6O3. The van der Waals surface area contributed by atoms with E-state index in [1.54, 1.807) is 6.07 Å². The molecule has 5 rings (SSSR count). The number of para-hydroxylation sites is 1. The summed E-state index contributed by atoms with van der Waals surface area (Å²) in [5, 5.41) is 13.0. The number of aliphatic hydroxyl groups is 1. The molecule has 3 aromatic rings. The van der Waals surface area contributed by atoms with Gasteiger partial charge in [-0.3, -0.25) is 9.69 Å². The Morgan fingerprint density at radius 3 is 2.54 bits per heavy atom. The van der Waals surface area contributed by atoms with E-state index in [1.165, 1.54) is 12.4 Å². The minimum absolute atomic E-state index is 0.105. The van der Waals surface area contributed by atoms with Crippen molar-refractivity contribution < 1.29 is 27.8 Å². The Kier molecular flexibility index (Phi) is 7.22. The van der Waals surface area contributed by atoms with Crippen molar-refractivity contribution in [3.05, 3.63) is 59.7 Å². The fourth-order valence-corrected chi connectivity index (χ4v) is 4.67. The molecule has 2 aliphatic heterocycles. The average Bonchev–Trinajstić information content (AvgIpc) is 2.88. The number of morpholine rings is 1. The first-order chi connectivity index (χ1) is 17.8. The van der Waals surface area contributed by atoms with Crippen LogP contribution in [0.15, 0.2) is 42.7 Å². The van der Waals surface area contributed by atoms with Gasteiger partial charge in [0.25, 0.3) is 5.91 Å². The molecule has 1 atom stereocenters. The summed E-state index contributed by atoms with van der Waals surface area (Å²) >= 11 is 0. The summed E-state index contributed by atoms with van der Waals surface area (Å²) in [6.07, 6.45) is -2.29. The predicted molar refractivity (Wildman–Crippen MR) is 129 cm³/mol. The number of aliphatic hydroxyl groups excluding tert-OH is 1. The molecule has 2 fully saturated rings. The van der Waals surface area contributed by atoms with Crippen LogP contribution in [0.4, 0.5) is 19.0 Å². The number of nitrogens with zero attached hydrogens (tertiary/aromatic N) is 5. The third-order valence-electron chi connectivity index (χ3n) is 6.74. The van der Waals surface area contributed by atoms with Gasteiger partial charge in [0.05, 0.1) is 30.3 Å². The Morgan fingerprint density at radius 2 is 1.86 bits per heavy atom. The zero-order valence-corrected chi connectivity index (χ0v) is 20.0. The van der Waals surface area contributed by atoms with Crippen molar-refractivity contribution in [2.24, 2.45) is 5.92 Å². The first-order valence-electron chi connectivity index (χ1n) is 12.1. The van der Waals surface area contributed by atoms with Gasteiger partial charge in [0.15, 0.2) is 0 Å². The standard InChI is InChI=1S/C25H27F3N6O3/c26-25(27,28)24-30-10-17(11-31-24)21(33-5-7-37-8-6-33)12-29-23(36)19-9-22(34-13-16(14-34)15-35)32-20-4-2-1-3-18(19)20/h1-4,9-11,16,21,35H,5-8,12-15H2,(H,29,36). The van der Waals surface area contributed by atoms with Gasteiger partial charge in [-0.25, -0.2) is 15.0 Å². The van der Waals surface area contributed by atoms with Crippen molar-refractivity contribution in [1.82, 2.24) is 25.2 Å². The summed E-state index contributed by atoms with van der Waals surface area (Å²) in [6, 6.07) is 8.68. The van der Waals surface area contributed by atoms with E-state index in [2.05, 4.69) is 20.3 Å². The fraction of sp³-hybridized carbons (Fsp3) is 0.440. The zero-order chi connectivity index (χ0) is 26.0. The Morgan fingerprint density at radius 1 is 1.16 bits per heavy atom. The monoisotopic (exact) mass is 516 g/mol. The number of aromatic nitrogens is 3.